The van der Waals surface area contributed by atoms with Crippen LogP contribution >= 0.6 is 0 Å². The van der Waals surface area contributed by atoms with Gasteiger partial charge in [0.1, 0.15) is 0 Å². The van der Waals surface area contributed by atoms with Crippen molar-refractivity contribution in [2.24, 2.45) is 17.8 Å². The summed E-state index contributed by atoms with van der Waals surface area (Å²) >= 11 is 0. The third-order valence-electron chi connectivity index (χ3n) is 6.00. The summed E-state index contributed by atoms with van der Waals surface area (Å²) in [6, 6.07) is 12.4. The molecule has 1 N–H and O–H groups in total. The smallest absolute Gasteiger partial charge is 0.255 e. The first-order valence-corrected chi connectivity index (χ1v) is 9.90. The van der Waals surface area contributed by atoms with E-state index in [1.165, 1.54) is 4.90 Å². The highest BCUT2D eigenvalue weighted by Crippen LogP contribution is 2.40. The van der Waals surface area contributed by atoms with Gasteiger partial charge >= 0.3 is 0 Å². The van der Waals surface area contributed by atoms with Crippen molar-refractivity contribution in [2.75, 3.05) is 10.2 Å². The standard InChI is InChI=1S/C24H24N2O3/c1-14-10-11-18(12-16(14)3)25-22(27)17-7-5-8-19(13-17)26-23(28)20-9-4-6-15(2)21(20)24(26)29/h4-8,10-13,15,20-21H,9H2,1-3H3,(H,25,27)/t15-,20+,21-/m0/s1. The zero-order chi connectivity index (χ0) is 20.7. The number of fused-ring (bicyclic) bond motifs is 1. The first kappa shape index (κ1) is 19.1. The zero-order valence-electron chi connectivity index (χ0n) is 16.8. The van der Waals surface area contributed by atoms with Crippen LogP contribution in [-0.2, 0) is 9.59 Å². The number of hydrogen-bond donors (Lipinski definition) is 1. The van der Waals surface area contributed by atoms with E-state index in [0.29, 0.717) is 23.4 Å². The minimum Gasteiger partial charge on any atom is -0.322 e. The Hall–Kier alpha value is -3.21. The Labute approximate surface area is 170 Å². The molecule has 0 spiro atoms. The fourth-order valence-corrected chi connectivity index (χ4v) is 4.21. The van der Waals surface area contributed by atoms with E-state index in [0.717, 1.165) is 11.1 Å². The van der Waals surface area contributed by atoms with Crippen molar-refractivity contribution in [3.63, 3.8) is 0 Å². The van der Waals surface area contributed by atoms with E-state index in [2.05, 4.69) is 5.32 Å². The number of nitrogens with zero attached hydrogens (tertiary/aromatic N) is 1. The van der Waals surface area contributed by atoms with E-state index in [-0.39, 0.29) is 35.5 Å². The van der Waals surface area contributed by atoms with Gasteiger partial charge in [-0.05, 0) is 67.6 Å². The Bertz CT molecular complexity index is 1040. The number of imide groups is 1. The molecule has 3 atom stereocenters. The highest BCUT2D eigenvalue weighted by atomic mass is 16.2. The summed E-state index contributed by atoms with van der Waals surface area (Å²) in [4.78, 5) is 39.9. The molecule has 1 heterocycles. The van der Waals surface area contributed by atoms with Gasteiger partial charge in [-0.1, -0.05) is 31.2 Å². The Balaban J connectivity index is 1.59. The van der Waals surface area contributed by atoms with E-state index in [1.807, 2.05) is 51.1 Å². The van der Waals surface area contributed by atoms with Gasteiger partial charge in [-0.2, -0.15) is 0 Å². The van der Waals surface area contributed by atoms with Gasteiger partial charge in [0.15, 0.2) is 0 Å². The van der Waals surface area contributed by atoms with E-state index in [4.69, 9.17) is 0 Å². The van der Waals surface area contributed by atoms with Gasteiger partial charge in [-0.3, -0.25) is 19.3 Å². The Morgan fingerprint density at radius 3 is 2.55 bits per heavy atom. The van der Waals surface area contributed by atoms with Gasteiger partial charge in [0.05, 0.1) is 17.5 Å². The molecule has 5 heteroatoms. The number of hydrogen-bond acceptors (Lipinski definition) is 3. The number of carbonyl (C=O) groups is 3. The first-order chi connectivity index (χ1) is 13.9. The van der Waals surface area contributed by atoms with E-state index in [1.54, 1.807) is 24.3 Å². The second-order valence-corrected chi connectivity index (χ2v) is 7.97. The predicted octanol–water partition coefficient (Wildman–Crippen LogP) is 4.26. The van der Waals surface area contributed by atoms with Crippen molar-refractivity contribution in [1.29, 1.82) is 0 Å². The molecule has 0 saturated carbocycles. The molecule has 1 fully saturated rings. The van der Waals surface area contributed by atoms with Crippen LogP contribution in [0, 0.1) is 31.6 Å². The Morgan fingerprint density at radius 1 is 1.03 bits per heavy atom. The topological polar surface area (TPSA) is 66.5 Å². The fourth-order valence-electron chi connectivity index (χ4n) is 4.21. The number of aryl methyl sites for hydroxylation is 2. The third-order valence-corrected chi connectivity index (χ3v) is 6.00. The van der Waals surface area contributed by atoms with Crippen molar-refractivity contribution in [3.8, 4) is 0 Å². The van der Waals surface area contributed by atoms with Crippen molar-refractivity contribution in [3.05, 3.63) is 71.3 Å². The minimum absolute atomic E-state index is 0.0338. The number of nitrogens with one attached hydrogen (secondary N) is 1. The average Bonchev–Trinajstić information content (AvgIpc) is 2.96. The normalized spacial score (nSPS) is 23.3. The third kappa shape index (κ3) is 3.37. The predicted molar refractivity (Wildman–Crippen MR) is 113 cm³/mol. The second-order valence-electron chi connectivity index (χ2n) is 7.97. The number of allylic oxidation sites excluding steroid dienone is 2. The summed E-state index contributed by atoms with van der Waals surface area (Å²) in [5, 5.41) is 2.89. The molecule has 0 unspecified atom stereocenters. The molecular weight excluding hydrogens is 364 g/mol. The summed E-state index contributed by atoms with van der Waals surface area (Å²) in [6.45, 7) is 5.98. The minimum atomic E-state index is -0.319. The average molecular weight is 388 g/mol. The summed E-state index contributed by atoms with van der Waals surface area (Å²) in [5.74, 6) is -1.23. The highest BCUT2D eigenvalue weighted by molar-refractivity contribution is 6.22. The van der Waals surface area contributed by atoms with Crippen LogP contribution < -0.4 is 10.2 Å². The molecular formula is C24H24N2O3. The summed E-state index contributed by atoms with van der Waals surface area (Å²) in [5.41, 5.74) is 3.82. The van der Waals surface area contributed by atoms with Gasteiger partial charge in [-0.25, -0.2) is 0 Å². The molecule has 2 aromatic rings. The Morgan fingerprint density at radius 2 is 1.83 bits per heavy atom. The van der Waals surface area contributed by atoms with Crippen LogP contribution in [0.4, 0.5) is 11.4 Å². The van der Waals surface area contributed by atoms with E-state index >= 15 is 0 Å². The van der Waals surface area contributed by atoms with Gasteiger partial charge in [-0.15, -0.1) is 0 Å². The molecule has 1 saturated heterocycles. The van der Waals surface area contributed by atoms with Crippen LogP contribution in [0.5, 0.6) is 0 Å². The molecule has 0 aromatic heterocycles. The summed E-state index contributed by atoms with van der Waals surface area (Å²) in [6.07, 6.45) is 4.57. The van der Waals surface area contributed by atoms with Gasteiger partial charge in [0.2, 0.25) is 11.8 Å². The number of anilines is 2. The van der Waals surface area contributed by atoms with Crippen molar-refractivity contribution in [2.45, 2.75) is 27.2 Å². The van der Waals surface area contributed by atoms with Crippen LogP contribution in [0.1, 0.15) is 34.8 Å². The molecule has 0 radical (unpaired) electrons. The van der Waals surface area contributed by atoms with Crippen LogP contribution in [0.25, 0.3) is 0 Å². The number of benzene rings is 2. The summed E-state index contributed by atoms with van der Waals surface area (Å²) in [7, 11) is 0. The SMILES string of the molecule is Cc1ccc(NC(=O)c2cccc(N3C(=O)[C@H]4[C@@H](C)C=CC[C@H]4C3=O)c2)cc1C. The van der Waals surface area contributed by atoms with E-state index < -0.39 is 0 Å². The molecule has 5 nitrogen and oxygen atoms in total. The maximum absolute atomic E-state index is 13.0. The molecule has 1 aliphatic carbocycles. The lowest BCUT2D eigenvalue weighted by molar-refractivity contribution is -0.122. The van der Waals surface area contributed by atoms with Crippen LogP contribution in [0.2, 0.25) is 0 Å². The number of rotatable bonds is 3. The highest BCUT2D eigenvalue weighted by Gasteiger charge is 2.50. The monoisotopic (exact) mass is 388 g/mol. The van der Waals surface area contributed by atoms with Crippen LogP contribution in [0.3, 0.4) is 0 Å². The zero-order valence-corrected chi connectivity index (χ0v) is 16.8. The maximum Gasteiger partial charge on any atom is 0.255 e. The van der Waals surface area contributed by atoms with Gasteiger partial charge < -0.3 is 5.32 Å². The molecule has 4 rings (SSSR count). The largest absolute Gasteiger partial charge is 0.322 e. The summed E-state index contributed by atoms with van der Waals surface area (Å²) < 4.78 is 0. The maximum atomic E-state index is 13.0. The number of carbonyl (C=O) groups excluding carboxylic acids is 3. The Kier molecular flexibility index (Phi) is 4.82. The molecule has 2 aromatic carbocycles. The molecule has 2 aliphatic rings. The van der Waals surface area contributed by atoms with Gasteiger partial charge in [0.25, 0.3) is 5.91 Å². The molecule has 29 heavy (non-hydrogen) atoms. The first-order valence-electron chi connectivity index (χ1n) is 9.90. The number of amides is 3. The van der Waals surface area contributed by atoms with Crippen molar-refractivity contribution < 1.29 is 14.4 Å². The van der Waals surface area contributed by atoms with Crippen molar-refractivity contribution in [1.82, 2.24) is 0 Å². The van der Waals surface area contributed by atoms with Crippen LogP contribution in [-0.4, -0.2) is 17.7 Å². The quantitative estimate of drug-likeness (QED) is 0.631. The fraction of sp³-hybridized carbons (Fsp3) is 0.292. The molecule has 1 aliphatic heterocycles. The second kappa shape index (κ2) is 7.32. The van der Waals surface area contributed by atoms with Crippen LogP contribution in [0.15, 0.2) is 54.6 Å². The molecule has 0 bridgehead atoms. The van der Waals surface area contributed by atoms with Gasteiger partial charge in [0, 0.05) is 11.3 Å². The van der Waals surface area contributed by atoms with E-state index in [9.17, 15) is 14.4 Å². The molecule has 3 amide bonds. The lowest BCUT2D eigenvalue weighted by Gasteiger charge is -2.22. The van der Waals surface area contributed by atoms with Crippen molar-refractivity contribution >= 4 is 29.1 Å². The lowest BCUT2D eigenvalue weighted by Crippen LogP contribution is -2.31. The lowest BCUT2D eigenvalue weighted by atomic mass is 9.78. The molecule has 148 valence electrons.